The first-order valence-corrected chi connectivity index (χ1v) is 4.95. The third-order valence-electron chi connectivity index (χ3n) is 2.55. The van der Waals surface area contributed by atoms with Gasteiger partial charge in [-0.2, -0.15) is 0 Å². The van der Waals surface area contributed by atoms with Crippen LogP contribution in [0.5, 0.6) is 0 Å². The molecule has 2 rings (SSSR count). The molecule has 2 unspecified atom stereocenters. The molecule has 1 fully saturated rings. The minimum absolute atomic E-state index is 0.131. The Labute approximate surface area is 92.3 Å². The molecule has 2 atom stereocenters. The second-order valence-corrected chi connectivity index (χ2v) is 3.82. The average molecular weight is 223 g/mol. The van der Waals surface area contributed by atoms with Crippen molar-refractivity contribution in [2.75, 3.05) is 18.8 Å². The van der Waals surface area contributed by atoms with Crippen LogP contribution in [-0.4, -0.2) is 51.3 Å². The van der Waals surface area contributed by atoms with Gasteiger partial charge in [-0.3, -0.25) is 4.79 Å². The number of aliphatic hydroxyl groups is 2. The summed E-state index contributed by atoms with van der Waals surface area (Å²) in [6.07, 6.45) is -0.355. The summed E-state index contributed by atoms with van der Waals surface area (Å²) in [7, 11) is 0. The quantitative estimate of drug-likeness (QED) is 0.557. The molecule has 1 aliphatic heterocycles. The fourth-order valence-electron chi connectivity index (χ4n) is 1.63. The lowest BCUT2D eigenvalue weighted by Crippen LogP contribution is -2.30. The van der Waals surface area contributed by atoms with Crippen LogP contribution in [0.15, 0.2) is 18.3 Å². The average Bonchev–Trinajstić information content (AvgIpc) is 2.59. The number of carbonyl (C=O) groups is 1. The molecule has 6 nitrogen and oxygen atoms in total. The molecule has 6 heteroatoms. The molecular weight excluding hydrogens is 210 g/mol. The van der Waals surface area contributed by atoms with Gasteiger partial charge in [-0.15, -0.1) is 0 Å². The highest BCUT2D eigenvalue weighted by molar-refractivity contribution is 5.92. The summed E-state index contributed by atoms with van der Waals surface area (Å²) in [6.45, 7) is 0.262. The molecule has 4 N–H and O–H groups in total. The zero-order valence-corrected chi connectivity index (χ0v) is 8.58. The van der Waals surface area contributed by atoms with E-state index in [0.717, 1.165) is 0 Å². The number of nitrogen functional groups attached to an aromatic ring is 1. The zero-order chi connectivity index (χ0) is 11.7. The number of likely N-dealkylation sites (tertiary alicyclic amines) is 1. The molecule has 0 radical (unpaired) electrons. The number of pyridine rings is 1. The predicted molar refractivity (Wildman–Crippen MR) is 56.6 cm³/mol. The molecule has 0 saturated carbocycles. The van der Waals surface area contributed by atoms with Crippen molar-refractivity contribution in [3.63, 3.8) is 0 Å². The Kier molecular flexibility index (Phi) is 2.76. The number of nitrogens with zero attached hydrogens (tertiary/aromatic N) is 2. The van der Waals surface area contributed by atoms with Crippen LogP contribution >= 0.6 is 0 Å². The molecule has 0 aromatic carbocycles. The zero-order valence-electron chi connectivity index (χ0n) is 8.58. The van der Waals surface area contributed by atoms with Crippen molar-refractivity contribution >= 4 is 11.6 Å². The summed E-state index contributed by atoms with van der Waals surface area (Å²) in [5.41, 5.74) is 6.20. The highest BCUT2D eigenvalue weighted by Crippen LogP contribution is 2.13. The summed E-state index contributed by atoms with van der Waals surface area (Å²) < 4.78 is 0. The minimum Gasteiger partial charge on any atom is -0.397 e. The lowest BCUT2D eigenvalue weighted by Gasteiger charge is -2.14. The second-order valence-electron chi connectivity index (χ2n) is 3.82. The van der Waals surface area contributed by atoms with Gasteiger partial charge in [0.25, 0.3) is 5.91 Å². The number of rotatable bonds is 1. The number of aliphatic hydroxyl groups excluding tert-OH is 2. The second kappa shape index (κ2) is 4.07. The number of hydrogen-bond donors (Lipinski definition) is 3. The fourth-order valence-corrected chi connectivity index (χ4v) is 1.63. The van der Waals surface area contributed by atoms with Gasteiger partial charge in [-0.25, -0.2) is 4.98 Å². The molecule has 1 saturated heterocycles. The summed E-state index contributed by atoms with van der Waals surface area (Å²) in [6, 6.07) is 3.11. The molecular formula is C10H13N3O3. The molecule has 0 aliphatic carbocycles. The summed E-state index contributed by atoms with van der Waals surface area (Å²) >= 11 is 0. The van der Waals surface area contributed by atoms with Crippen molar-refractivity contribution in [2.24, 2.45) is 0 Å². The van der Waals surface area contributed by atoms with E-state index in [1.165, 1.54) is 17.2 Å². The van der Waals surface area contributed by atoms with Gasteiger partial charge in [-0.1, -0.05) is 0 Å². The largest absolute Gasteiger partial charge is 0.397 e. The first-order chi connectivity index (χ1) is 7.58. The summed E-state index contributed by atoms with van der Waals surface area (Å²) in [5.74, 6) is -0.310. The Bertz CT molecular complexity index is 383. The predicted octanol–water partition coefficient (Wildman–Crippen LogP) is -1.16. The van der Waals surface area contributed by atoms with E-state index < -0.39 is 12.2 Å². The maximum atomic E-state index is 11.8. The van der Waals surface area contributed by atoms with Crippen LogP contribution in [0.2, 0.25) is 0 Å². The van der Waals surface area contributed by atoms with E-state index in [2.05, 4.69) is 4.98 Å². The van der Waals surface area contributed by atoms with Crippen LogP contribution < -0.4 is 5.73 Å². The molecule has 0 spiro atoms. The smallest absolute Gasteiger partial charge is 0.272 e. The third-order valence-corrected chi connectivity index (χ3v) is 2.55. The van der Waals surface area contributed by atoms with E-state index in [0.29, 0.717) is 5.69 Å². The number of β-amino-alcohol motifs (C(OH)–C–C–N with tert-alkyl or cyclic N) is 2. The molecule has 16 heavy (non-hydrogen) atoms. The highest BCUT2D eigenvalue weighted by Gasteiger charge is 2.33. The fraction of sp³-hybridized carbons (Fsp3) is 0.400. The normalized spacial score (nSPS) is 24.8. The van der Waals surface area contributed by atoms with Gasteiger partial charge in [-0.05, 0) is 12.1 Å². The first-order valence-electron chi connectivity index (χ1n) is 4.95. The monoisotopic (exact) mass is 223 g/mol. The maximum absolute atomic E-state index is 11.8. The van der Waals surface area contributed by atoms with Crippen LogP contribution in [0, 0.1) is 0 Å². The molecule has 1 aromatic heterocycles. The summed E-state index contributed by atoms with van der Waals surface area (Å²) in [4.78, 5) is 17.1. The molecule has 1 aliphatic rings. The SMILES string of the molecule is Nc1ccc(C(=O)N2CC(O)C(O)C2)nc1. The Balaban J connectivity index is 2.11. The van der Waals surface area contributed by atoms with Crippen LogP contribution in [0.3, 0.4) is 0 Å². The Morgan fingerprint density at radius 3 is 2.50 bits per heavy atom. The molecule has 86 valence electrons. The summed E-state index contributed by atoms with van der Waals surface area (Å²) in [5, 5.41) is 18.6. The van der Waals surface area contributed by atoms with E-state index in [-0.39, 0.29) is 24.7 Å². The number of hydrogen-bond acceptors (Lipinski definition) is 5. The van der Waals surface area contributed by atoms with Gasteiger partial charge in [0.15, 0.2) is 0 Å². The molecule has 1 amide bonds. The van der Waals surface area contributed by atoms with Crippen LogP contribution in [-0.2, 0) is 0 Å². The first kappa shape index (κ1) is 10.8. The molecule has 0 bridgehead atoms. The van der Waals surface area contributed by atoms with Gasteiger partial charge in [0.1, 0.15) is 5.69 Å². The Hall–Kier alpha value is -1.66. The minimum atomic E-state index is -0.877. The standard InChI is InChI=1S/C10H13N3O3/c11-6-1-2-7(12-3-6)10(16)13-4-8(14)9(15)5-13/h1-3,8-9,14-15H,4-5,11H2. The Morgan fingerprint density at radius 1 is 1.38 bits per heavy atom. The van der Waals surface area contributed by atoms with Crippen molar-refractivity contribution in [3.05, 3.63) is 24.0 Å². The van der Waals surface area contributed by atoms with E-state index in [4.69, 9.17) is 5.73 Å². The van der Waals surface area contributed by atoms with Crippen LogP contribution in [0.1, 0.15) is 10.5 Å². The van der Waals surface area contributed by atoms with Gasteiger partial charge < -0.3 is 20.8 Å². The molecule has 2 heterocycles. The number of nitrogens with two attached hydrogens (primary N) is 1. The van der Waals surface area contributed by atoms with Crippen molar-refractivity contribution < 1.29 is 15.0 Å². The highest BCUT2D eigenvalue weighted by atomic mass is 16.3. The van der Waals surface area contributed by atoms with Crippen molar-refractivity contribution in [1.29, 1.82) is 0 Å². The lowest BCUT2D eigenvalue weighted by molar-refractivity contribution is 0.0572. The number of anilines is 1. The molecule has 1 aromatic rings. The van der Waals surface area contributed by atoms with Crippen LogP contribution in [0.4, 0.5) is 5.69 Å². The number of aromatic nitrogens is 1. The van der Waals surface area contributed by atoms with Crippen LogP contribution in [0.25, 0.3) is 0 Å². The van der Waals surface area contributed by atoms with Crippen molar-refractivity contribution in [1.82, 2.24) is 9.88 Å². The van der Waals surface area contributed by atoms with Gasteiger partial charge in [0.05, 0.1) is 24.1 Å². The number of amides is 1. The van der Waals surface area contributed by atoms with Crippen molar-refractivity contribution in [2.45, 2.75) is 12.2 Å². The van der Waals surface area contributed by atoms with Gasteiger partial charge in [0.2, 0.25) is 0 Å². The maximum Gasteiger partial charge on any atom is 0.272 e. The Morgan fingerprint density at radius 2 is 2.00 bits per heavy atom. The van der Waals surface area contributed by atoms with Crippen molar-refractivity contribution in [3.8, 4) is 0 Å². The van der Waals surface area contributed by atoms with E-state index in [1.54, 1.807) is 6.07 Å². The van der Waals surface area contributed by atoms with E-state index in [9.17, 15) is 15.0 Å². The third kappa shape index (κ3) is 1.98. The van der Waals surface area contributed by atoms with Gasteiger partial charge >= 0.3 is 0 Å². The van der Waals surface area contributed by atoms with E-state index in [1.807, 2.05) is 0 Å². The van der Waals surface area contributed by atoms with Gasteiger partial charge in [0, 0.05) is 13.1 Å². The van der Waals surface area contributed by atoms with E-state index >= 15 is 0 Å². The topological polar surface area (TPSA) is 99.7 Å². The number of carbonyl (C=O) groups excluding carboxylic acids is 1. The lowest BCUT2D eigenvalue weighted by atomic mass is 10.3.